The molecule has 3 saturated carbocycles. The molecule has 4 aliphatic carbocycles. The van der Waals surface area contributed by atoms with E-state index >= 15 is 0 Å². The van der Waals surface area contributed by atoms with Crippen LogP contribution in [0.25, 0.3) is 10.4 Å². The molecule has 3 heteroatoms. The van der Waals surface area contributed by atoms with E-state index in [1.807, 2.05) is 0 Å². The van der Waals surface area contributed by atoms with E-state index in [0.717, 1.165) is 48.3 Å². The van der Waals surface area contributed by atoms with Gasteiger partial charge in [-0.2, -0.15) is 0 Å². The van der Waals surface area contributed by atoms with Crippen LogP contribution < -0.4 is 0 Å². The summed E-state index contributed by atoms with van der Waals surface area (Å²) in [5, 5.41) is 4.08. The first kappa shape index (κ1) is 22.3. The van der Waals surface area contributed by atoms with Crippen molar-refractivity contribution in [2.24, 2.45) is 51.5 Å². The summed E-state index contributed by atoms with van der Waals surface area (Å²) in [6.45, 7) is 12.5. The van der Waals surface area contributed by atoms with Crippen LogP contribution in [0.4, 0.5) is 0 Å². The van der Waals surface area contributed by atoms with Gasteiger partial charge in [0.15, 0.2) is 0 Å². The summed E-state index contributed by atoms with van der Waals surface area (Å²) < 4.78 is 0. The van der Waals surface area contributed by atoms with E-state index < -0.39 is 0 Å². The highest BCUT2D eigenvalue weighted by Crippen LogP contribution is 2.67. The van der Waals surface area contributed by atoms with Crippen LogP contribution in [0, 0.1) is 46.3 Å². The van der Waals surface area contributed by atoms with E-state index in [2.05, 4.69) is 50.7 Å². The summed E-state index contributed by atoms with van der Waals surface area (Å²) in [5.74, 6) is 5.35. The van der Waals surface area contributed by atoms with Gasteiger partial charge in [-0.05, 0) is 103 Å². The molecule has 0 radical (unpaired) electrons. The van der Waals surface area contributed by atoms with E-state index in [9.17, 15) is 0 Å². The van der Waals surface area contributed by atoms with Crippen LogP contribution in [-0.4, -0.2) is 6.04 Å². The van der Waals surface area contributed by atoms with Gasteiger partial charge >= 0.3 is 0 Å². The number of hydrogen-bond acceptors (Lipinski definition) is 1. The Bertz CT molecular complexity index is 705. The molecule has 0 aromatic rings. The Kier molecular flexibility index (Phi) is 6.33. The average molecular weight is 412 g/mol. The minimum absolute atomic E-state index is 0.197. The van der Waals surface area contributed by atoms with Crippen LogP contribution in [0.15, 0.2) is 16.8 Å². The Morgan fingerprint density at radius 3 is 2.60 bits per heavy atom. The zero-order valence-electron chi connectivity index (χ0n) is 20.2. The van der Waals surface area contributed by atoms with Gasteiger partial charge in [0.1, 0.15) is 0 Å². The van der Waals surface area contributed by atoms with Crippen molar-refractivity contribution >= 4 is 0 Å². The number of fused-ring (bicyclic) bond motifs is 5. The van der Waals surface area contributed by atoms with Crippen LogP contribution in [0.2, 0.25) is 0 Å². The molecule has 4 rings (SSSR count). The lowest BCUT2D eigenvalue weighted by Gasteiger charge is -2.58. The molecular weight excluding hydrogens is 366 g/mol. The van der Waals surface area contributed by atoms with E-state index in [0.29, 0.717) is 10.8 Å². The Balaban J connectivity index is 1.49. The second kappa shape index (κ2) is 8.53. The molecule has 0 aromatic heterocycles. The van der Waals surface area contributed by atoms with Gasteiger partial charge in [0.05, 0.1) is 0 Å². The summed E-state index contributed by atoms with van der Waals surface area (Å²) in [7, 11) is 0. The Hall–Kier alpha value is -0.950. The Labute approximate surface area is 185 Å². The Morgan fingerprint density at radius 2 is 1.87 bits per heavy atom. The second-order valence-corrected chi connectivity index (χ2v) is 12.4. The smallest absolute Gasteiger partial charge is 0.0411 e. The molecule has 0 aliphatic heterocycles. The topological polar surface area (TPSA) is 48.8 Å². The molecule has 0 bridgehead atoms. The highest BCUT2D eigenvalue weighted by atomic mass is 15.1. The van der Waals surface area contributed by atoms with Crippen molar-refractivity contribution < 1.29 is 0 Å². The van der Waals surface area contributed by atoms with Crippen molar-refractivity contribution in [1.29, 1.82) is 0 Å². The molecule has 0 amide bonds. The molecule has 0 saturated heterocycles. The summed E-state index contributed by atoms with van der Waals surface area (Å²) in [4.78, 5) is 3.11. The zero-order valence-corrected chi connectivity index (χ0v) is 20.2. The highest BCUT2D eigenvalue weighted by Gasteiger charge is 2.59. The molecule has 168 valence electrons. The first-order valence-corrected chi connectivity index (χ1v) is 13.0. The van der Waals surface area contributed by atoms with Gasteiger partial charge in [-0.25, -0.2) is 0 Å². The highest BCUT2D eigenvalue weighted by molar-refractivity contribution is 5.26. The van der Waals surface area contributed by atoms with Gasteiger partial charge in [0.25, 0.3) is 0 Å². The lowest BCUT2D eigenvalue weighted by Crippen LogP contribution is -2.50. The van der Waals surface area contributed by atoms with Crippen molar-refractivity contribution in [3.63, 3.8) is 0 Å². The lowest BCUT2D eigenvalue weighted by molar-refractivity contribution is -0.0508. The molecule has 3 fully saturated rings. The van der Waals surface area contributed by atoms with Crippen molar-refractivity contribution in [3.05, 3.63) is 22.1 Å². The largest absolute Gasteiger partial charge is 0.0903 e. The van der Waals surface area contributed by atoms with E-state index in [4.69, 9.17) is 5.53 Å². The lowest BCUT2D eigenvalue weighted by atomic mass is 9.47. The zero-order chi connectivity index (χ0) is 21.5. The molecule has 8 atom stereocenters. The number of nitrogens with zero attached hydrogens (tertiary/aromatic N) is 3. The maximum absolute atomic E-state index is 8.89. The number of azide groups is 1. The van der Waals surface area contributed by atoms with Crippen LogP contribution in [0.5, 0.6) is 0 Å². The van der Waals surface area contributed by atoms with Gasteiger partial charge < -0.3 is 0 Å². The van der Waals surface area contributed by atoms with Crippen LogP contribution >= 0.6 is 0 Å². The maximum atomic E-state index is 8.89. The molecule has 30 heavy (non-hydrogen) atoms. The first-order chi connectivity index (χ1) is 14.3. The number of allylic oxidation sites excluding steroid dienone is 1. The van der Waals surface area contributed by atoms with Crippen LogP contribution in [-0.2, 0) is 0 Å². The minimum Gasteiger partial charge on any atom is -0.0903 e. The SMILES string of the molecule is CC(C)CCC[C@@H](C)C1CCC2C3CC=C4CC(N=[N+]=[N-])CCC4(C)C3CCC21C. The molecular formula is C27H45N3. The molecule has 0 spiro atoms. The third kappa shape index (κ3) is 3.74. The predicted molar refractivity (Wildman–Crippen MR) is 126 cm³/mol. The van der Waals surface area contributed by atoms with E-state index in [1.54, 1.807) is 5.57 Å². The van der Waals surface area contributed by atoms with Crippen molar-refractivity contribution in [1.82, 2.24) is 0 Å². The number of rotatable bonds is 6. The van der Waals surface area contributed by atoms with Gasteiger partial charge in [-0.15, -0.1) is 0 Å². The van der Waals surface area contributed by atoms with Gasteiger partial charge in [-0.1, -0.05) is 70.6 Å². The number of hydrogen-bond donors (Lipinski definition) is 0. The molecule has 7 unspecified atom stereocenters. The maximum Gasteiger partial charge on any atom is 0.0411 e. The fourth-order valence-electron chi connectivity index (χ4n) is 8.84. The second-order valence-electron chi connectivity index (χ2n) is 12.4. The van der Waals surface area contributed by atoms with Gasteiger partial charge in [0, 0.05) is 11.0 Å². The third-order valence-corrected chi connectivity index (χ3v) is 10.5. The van der Waals surface area contributed by atoms with Crippen molar-refractivity contribution in [2.45, 2.75) is 111 Å². The standard InChI is InChI=1S/C27H45N3/c1-18(2)7-6-8-19(3)23-11-12-24-22-10-9-20-17-21(29-30-28)13-15-26(20,4)25(22)14-16-27(23,24)5/h9,18-19,21-25H,6-8,10-17H2,1-5H3/t19-,21?,22?,23?,24?,25?,26?,27?/m1/s1. The molecule has 3 nitrogen and oxygen atoms in total. The quantitative estimate of drug-likeness (QED) is 0.182. The van der Waals surface area contributed by atoms with Crippen molar-refractivity contribution in [2.75, 3.05) is 0 Å². The van der Waals surface area contributed by atoms with Gasteiger partial charge in [0.2, 0.25) is 0 Å². The molecule has 0 heterocycles. The fourth-order valence-corrected chi connectivity index (χ4v) is 8.84. The van der Waals surface area contributed by atoms with E-state index in [-0.39, 0.29) is 6.04 Å². The predicted octanol–water partition coefficient (Wildman–Crippen LogP) is 8.71. The summed E-state index contributed by atoms with van der Waals surface area (Å²) in [6, 6.07) is 0.197. The monoisotopic (exact) mass is 411 g/mol. The fraction of sp³-hybridized carbons (Fsp3) is 0.926. The summed E-state index contributed by atoms with van der Waals surface area (Å²) in [5.41, 5.74) is 11.5. The molecule has 0 N–H and O–H groups in total. The first-order valence-electron chi connectivity index (χ1n) is 13.0. The van der Waals surface area contributed by atoms with Crippen LogP contribution in [0.1, 0.15) is 105 Å². The van der Waals surface area contributed by atoms with E-state index in [1.165, 1.54) is 57.8 Å². The Morgan fingerprint density at radius 1 is 1.07 bits per heavy atom. The third-order valence-electron chi connectivity index (χ3n) is 10.5. The molecule has 0 aromatic carbocycles. The minimum atomic E-state index is 0.197. The molecule has 4 aliphatic rings. The summed E-state index contributed by atoms with van der Waals surface area (Å²) >= 11 is 0. The normalized spacial score (nSPS) is 43.8. The van der Waals surface area contributed by atoms with Crippen LogP contribution in [0.3, 0.4) is 0 Å². The summed E-state index contributed by atoms with van der Waals surface area (Å²) in [6.07, 6.45) is 17.3. The average Bonchev–Trinajstić information content (AvgIpc) is 3.05. The van der Waals surface area contributed by atoms with Crippen molar-refractivity contribution in [3.8, 4) is 0 Å². The van der Waals surface area contributed by atoms with Gasteiger partial charge in [-0.3, -0.25) is 0 Å².